The van der Waals surface area contributed by atoms with Crippen LogP contribution in [0.3, 0.4) is 0 Å². The first-order valence-electron chi connectivity index (χ1n) is 18.0. The van der Waals surface area contributed by atoms with Crippen LogP contribution in [-0.2, 0) is 0 Å². The number of nitrogens with zero attached hydrogens (tertiary/aromatic N) is 2. The van der Waals surface area contributed by atoms with E-state index < -0.39 is 16.4 Å². The van der Waals surface area contributed by atoms with Gasteiger partial charge in [-0.3, -0.25) is 4.79 Å². The monoisotopic (exact) mass is 670 g/mol. The van der Waals surface area contributed by atoms with Crippen LogP contribution in [0.5, 0.6) is 0 Å². The predicted molar refractivity (Wildman–Crippen MR) is 194 cm³/mol. The van der Waals surface area contributed by atoms with Crippen LogP contribution in [0.15, 0.2) is 89.5 Å². The molecule has 1 heterocycles. The van der Waals surface area contributed by atoms with Crippen LogP contribution in [0.4, 0.5) is 0 Å². The van der Waals surface area contributed by atoms with Gasteiger partial charge >= 0.3 is 0 Å². The largest absolute Gasteiger partial charge is 0.393 e. The number of hydrogen-bond acceptors (Lipinski definition) is 6. The van der Waals surface area contributed by atoms with Crippen LogP contribution >= 0.6 is 11.8 Å². The smallest absolute Gasteiger partial charge is 0.189 e. The zero-order valence-corrected chi connectivity index (χ0v) is 29.8. The molecular formula is C43H46N2O3S. The van der Waals surface area contributed by atoms with Crippen LogP contribution < -0.4 is 0 Å². The molecule has 49 heavy (non-hydrogen) atoms. The van der Waals surface area contributed by atoms with Crippen LogP contribution in [0.1, 0.15) is 86.0 Å². The summed E-state index contributed by atoms with van der Waals surface area (Å²) in [6, 6.07) is 22.6. The number of carbonyl (C=O) groups is 1. The summed E-state index contributed by atoms with van der Waals surface area (Å²) in [7, 11) is 0. The SMILES string of the molecule is Cc1cc(C)c(C#N)c(SCC2(O)CCC3C45C=CC6(C=C4C(=O)c4ccc(-c7ccccc7)cc4)CC(O)CCC6(C)C5CCC32C)n1. The number of nitriles is 1. The number of aryl methyl sites for hydroxylation is 2. The fraction of sp³-hybridized carbons (Fsp3) is 0.465. The first-order valence-corrected chi connectivity index (χ1v) is 18.9. The van der Waals surface area contributed by atoms with Gasteiger partial charge in [0.1, 0.15) is 11.1 Å². The Morgan fingerprint density at radius 1 is 0.939 bits per heavy atom. The number of aromatic nitrogens is 1. The third-order valence-corrected chi connectivity index (χ3v) is 15.3. The van der Waals surface area contributed by atoms with E-state index >= 15 is 0 Å². The summed E-state index contributed by atoms with van der Waals surface area (Å²) in [5.74, 6) is 0.840. The average Bonchev–Trinajstić information content (AvgIpc) is 3.37. The normalized spacial score (nSPS) is 37.1. The zero-order valence-electron chi connectivity index (χ0n) is 29.0. The number of allylic oxidation sites excluding steroid dienone is 4. The standard InChI is InChI=1S/C43H46N2O3S/c1-27-22-28(2)45-38(33(27)25-44)49-26-42(48)19-16-36-40(42,4)18-15-35-39(3)17-14-32(46)23-41(39)20-21-43(35,36)34(24-41)37(47)31-12-10-30(11-13-31)29-8-6-5-7-9-29/h5-13,20-22,24,32,35-36,46,48H,14-19,23,26H2,1-4H3. The van der Waals surface area contributed by atoms with Gasteiger partial charge in [-0.15, -0.1) is 11.8 Å². The number of Topliss-reactive ketones (excluding diaryl/α,β-unsaturated/α-hetero) is 1. The Bertz CT molecular complexity index is 1950. The Kier molecular flexibility index (Phi) is 7.51. The van der Waals surface area contributed by atoms with E-state index in [0.29, 0.717) is 34.7 Å². The summed E-state index contributed by atoms with van der Waals surface area (Å²) >= 11 is 1.51. The van der Waals surface area contributed by atoms with Gasteiger partial charge in [0, 0.05) is 38.8 Å². The number of aliphatic hydroxyl groups is 2. The first kappa shape index (κ1) is 32.7. The number of carbonyl (C=O) groups excluding carboxylic acids is 1. The molecule has 0 amide bonds. The fourth-order valence-corrected chi connectivity index (χ4v) is 12.8. The summed E-state index contributed by atoms with van der Waals surface area (Å²) in [5.41, 5.74) is 3.75. The predicted octanol–water partition coefficient (Wildman–Crippen LogP) is 8.80. The highest BCUT2D eigenvalue weighted by molar-refractivity contribution is 7.99. The van der Waals surface area contributed by atoms with Gasteiger partial charge in [-0.05, 0) is 98.8 Å². The van der Waals surface area contributed by atoms with Crippen molar-refractivity contribution in [3.05, 3.63) is 107 Å². The molecule has 9 rings (SSSR count). The number of ketones is 1. The van der Waals surface area contributed by atoms with Gasteiger partial charge in [0.05, 0.1) is 17.3 Å². The minimum atomic E-state index is -0.983. The molecule has 8 unspecified atom stereocenters. The van der Waals surface area contributed by atoms with Crippen molar-refractivity contribution in [1.29, 1.82) is 5.26 Å². The highest BCUT2D eigenvalue weighted by Gasteiger charge is 2.74. The third kappa shape index (κ3) is 4.51. The van der Waals surface area contributed by atoms with Crippen LogP contribution in [0, 0.1) is 58.7 Å². The van der Waals surface area contributed by atoms with Gasteiger partial charge in [0.15, 0.2) is 5.78 Å². The van der Waals surface area contributed by atoms with Gasteiger partial charge in [-0.25, -0.2) is 4.98 Å². The van der Waals surface area contributed by atoms with Crippen molar-refractivity contribution in [3.63, 3.8) is 0 Å². The number of pyridine rings is 1. The Morgan fingerprint density at radius 2 is 1.61 bits per heavy atom. The van der Waals surface area contributed by atoms with E-state index in [1.54, 1.807) is 0 Å². The maximum absolute atomic E-state index is 15.0. The lowest BCUT2D eigenvalue weighted by Gasteiger charge is -2.71. The number of thioether (sulfide) groups is 1. The summed E-state index contributed by atoms with van der Waals surface area (Å²) in [6.07, 6.45) is 12.2. The van der Waals surface area contributed by atoms with E-state index in [-0.39, 0.29) is 34.6 Å². The molecule has 3 fully saturated rings. The maximum Gasteiger partial charge on any atom is 0.189 e. The van der Waals surface area contributed by atoms with Gasteiger partial charge in [-0.2, -0.15) is 5.26 Å². The van der Waals surface area contributed by atoms with E-state index in [0.717, 1.165) is 60.1 Å². The van der Waals surface area contributed by atoms with E-state index in [1.807, 2.05) is 50.2 Å². The molecule has 3 aromatic rings. The van der Waals surface area contributed by atoms with Crippen molar-refractivity contribution in [3.8, 4) is 17.2 Å². The van der Waals surface area contributed by atoms with Gasteiger partial charge < -0.3 is 10.2 Å². The molecule has 2 spiro atoms. The van der Waals surface area contributed by atoms with Crippen LogP contribution in [0.2, 0.25) is 0 Å². The number of fused-ring (bicyclic) bond motifs is 1. The lowest BCUT2D eigenvalue weighted by atomic mass is 9.32. The zero-order chi connectivity index (χ0) is 34.4. The topological polar surface area (TPSA) is 94.2 Å². The van der Waals surface area contributed by atoms with E-state index in [4.69, 9.17) is 4.98 Å². The molecular weight excluding hydrogens is 625 g/mol. The molecule has 3 saturated carbocycles. The van der Waals surface area contributed by atoms with E-state index in [2.05, 4.69) is 62.4 Å². The van der Waals surface area contributed by atoms with Gasteiger partial charge in [0.25, 0.3) is 0 Å². The Hall–Kier alpha value is -3.50. The molecule has 0 saturated heterocycles. The Morgan fingerprint density at radius 3 is 2.35 bits per heavy atom. The van der Waals surface area contributed by atoms with Crippen molar-refractivity contribution in [2.24, 2.45) is 33.5 Å². The minimum absolute atomic E-state index is 0.0719. The van der Waals surface area contributed by atoms with E-state index in [9.17, 15) is 20.3 Å². The summed E-state index contributed by atoms with van der Waals surface area (Å²) in [5, 5.41) is 34.4. The Balaban J connectivity index is 1.20. The molecule has 6 heteroatoms. The molecule has 6 aliphatic carbocycles. The van der Waals surface area contributed by atoms with Crippen molar-refractivity contribution >= 4 is 17.5 Å². The number of hydrogen-bond donors (Lipinski definition) is 2. The third-order valence-electron chi connectivity index (χ3n) is 14.1. The molecule has 252 valence electrons. The lowest BCUT2D eigenvalue weighted by Crippen LogP contribution is -2.67. The minimum Gasteiger partial charge on any atom is -0.393 e. The molecule has 1 aromatic heterocycles. The van der Waals surface area contributed by atoms with Gasteiger partial charge in [0.2, 0.25) is 0 Å². The Labute approximate surface area is 294 Å². The lowest BCUT2D eigenvalue weighted by molar-refractivity contribution is -0.166. The number of rotatable bonds is 6. The number of benzene rings is 2. The number of aliphatic hydroxyl groups excluding tert-OH is 1. The van der Waals surface area contributed by atoms with E-state index in [1.165, 1.54) is 11.8 Å². The molecule has 5 nitrogen and oxygen atoms in total. The second-order valence-corrected chi connectivity index (χ2v) is 17.2. The molecule has 2 aromatic carbocycles. The van der Waals surface area contributed by atoms with Crippen molar-refractivity contribution < 1.29 is 15.0 Å². The van der Waals surface area contributed by atoms with Crippen molar-refractivity contribution in [2.45, 2.75) is 89.4 Å². The molecule has 2 bridgehead atoms. The quantitative estimate of drug-likeness (QED) is 0.155. The summed E-state index contributed by atoms with van der Waals surface area (Å²) in [4.78, 5) is 19.7. The summed E-state index contributed by atoms with van der Waals surface area (Å²) < 4.78 is 0. The molecule has 2 N–H and O–H groups in total. The molecule has 0 aliphatic heterocycles. The second kappa shape index (κ2) is 11.3. The second-order valence-electron chi connectivity index (χ2n) is 16.2. The first-order chi connectivity index (χ1) is 23.4. The van der Waals surface area contributed by atoms with Crippen molar-refractivity contribution in [2.75, 3.05) is 5.75 Å². The molecule has 6 aliphatic rings. The summed E-state index contributed by atoms with van der Waals surface area (Å²) in [6.45, 7) is 8.58. The van der Waals surface area contributed by atoms with Crippen molar-refractivity contribution in [1.82, 2.24) is 4.98 Å². The van der Waals surface area contributed by atoms with Crippen LogP contribution in [0.25, 0.3) is 11.1 Å². The molecule has 0 radical (unpaired) electrons. The maximum atomic E-state index is 15.0. The van der Waals surface area contributed by atoms with Crippen LogP contribution in [-0.4, -0.2) is 38.4 Å². The fourth-order valence-electron chi connectivity index (χ4n) is 11.4. The molecule has 8 atom stereocenters. The highest BCUT2D eigenvalue weighted by atomic mass is 32.2. The average molecular weight is 671 g/mol. The highest BCUT2D eigenvalue weighted by Crippen LogP contribution is 2.78. The van der Waals surface area contributed by atoms with Gasteiger partial charge in [-0.1, -0.05) is 86.7 Å².